The van der Waals surface area contributed by atoms with Crippen LogP contribution < -0.4 is 20.9 Å². The number of rotatable bonds is 3. The molecule has 0 N–H and O–H groups in total. The number of likely N-dealkylation sites (N-methyl/N-ethyl adjacent to an activating group) is 1. The molecule has 11 nitrogen and oxygen atoms in total. The van der Waals surface area contributed by atoms with Crippen LogP contribution in [0.4, 0.5) is 0 Å². The van der Waals surface area contributed by atoms with E-state index >= 15 is 0 Å². The second-order valence-electron chi connectivity index (χ2n) is 10.5. The number of hydrogen-bond donors (Lipinski definition) is 0. The highest BCUT2D eigenvalue weighted by molar-refractivity contribution is 5.65. The average Bonchev–Trinajstić information content (AvgIpc) is 3.41. The van der Waals surface area contributed by atoms with Gasteiger partial charge in [0.25, 0.3) is 0 Å². The van der Waals surface area contributed by atoms with Crippen molar-refractivity contribution < 1.29 is 9.47 Å². The average molecular weight is 498 g/mol. The lowest BCUT2D eigenvalue weighted by Crippen LogP contribution is -2.83. The van der Waals surface area contributed by atoms with Crippen LogP contribution in [0.25, 0.3) is 16.1 Å². The van der Waals surface area contributed by atoms with Crippen molar-refractivity contribution in [2.24, 2.45) is 5.11 Å². The lowest BCUT2D eigenvalue weighted by atomic mass is 9.47. The van der Waals surface area contributed by atoms with Crippen LogP contribution in [0.3, 0.4) is 0 Å². The Labute approximate surface area is 210 Å². The third-order valence-electron chi connectivity index (χ3n) is 9.41. The van der Waals surface area contributed by atoms with Crippen molar-refractivity contribution in [2.45, 2.75) is 41.6 Å². The summed E-state index contributed by atoms with van der Waals surface area (Å²) in [6, 6.07) is 12.7. The molecule has 5 atom stereocenters. The van der Waals surface area contributed by atoms with Crippen molar-refractivity contribution in [1.29, 1.82) is 0 Å². The Hall–Kier alpha value is -4.21. The van der Waals surface area contributed by atoms with E-state index in [4.69, 9.17) is 9.47 Å². The SMILES string of the molecule is COc1ccc2c3c1O[C@H]1C4(N=[N+]=[N-])C=CC5([C@@H](C2)N(C)CC[C@]315)n1c(=O)n(-c2ccccc2)c(=O)n14. The molecule has 1 aromatic heterocycles. The van der Waals surface area contributed by atoms with Gasteiger partial charge in [-0.1, -0.05) is 35.5 Å². The van der Waals surface area contributed by atoms with Crippen LogP contribution in [0.2, 0.25) is 0 Å². The van der Waals surface area contributed by atoms with E-state index in [1.807, 2.05) is 18.2 Å². The molecule has 2 aromatic carbocycles. The Bertz CT molecular complexity index is 1730. The van der Waals surface area contributed by atoms with E-state index in [0.29, 0.717) is 30.0 Å². The fourth-order valence-electron chi connectivity index (χ4n) is 8.12. The number of hydrogen-bond acceptors (Lipinski definition) is 6. The number of para-hydroxylation sites is 1. The van der Waals surface area contributed by atoms with Gasteiger partial charge >= 0.3 is 11.4 Å². The number of piperidine rings is 1. The quantitative estimate of drug-likeness (QED) is 0.237. The number of methoxy groups -OCH3 is 1. The van der Waals surface area contributed by atoms with E-state index in [1.54, 1.807) is 42.1 Å². The molecule has 2 aliphatic carbocycles. The van der Waals surface area contributed by atoms with Gasteiger partial charge in [-0.3, -0.25) is 0 Å². The topological polar surface area (TPSA) is 119 Å². The van der Waals surface area contributed by atoms with Crippen molar-refractivity contribution in [1.82, 2.24) is 18.8 Å². The van der Waals surface area contributed by atoms with Gasteiger partial charge in [0.05, 0.1) is 18.2 Å². The summed E-state index contributed by atoms with van der Waals surface area (Å²) >= 11 is 0. The highest BCUT2D eigenvalue weighted by atomic mass is 16.5. The molecule has 2 spiro atoms. The summed E-state index contributed by atoms with van der Waals surface area (Å²) in [6.45, 7) is 0.765. The first kappa shape index (κ1) is 20.9. The summed E-state index contributed by atoms with van der Waals surface area (Å²) in [6.07, 6.45) is 4.38. The molecule has 3 aromatic rings. The minimum Gasteiger partial charge on any atom is -0.493 e. The second kappa shape index (κ2) is 6.37. The maximum atomic E-state index is 14.4. The number of benzene rings is 2. The summed E-state index contributed by atoms with van der Waals surface area (Å²) in [5, 5.41) is 4.25. The van der Waals surface area contributed by atoms with Crippen LogP contribution in [0.5, 0.6) is 11.5 Å². The first-order chi connectivity index (χ1) is 18.0. The summed E-state index contributed by atoms with van der Waals surface area (Å²) < 4.78 is 16.5. The Morgan fingerprint density at radius 2 is 1.89 bits per heavy atom. The van der Waals surface area contributed by atoms with Crippen molar-refractivity contribution in [3.63, 3.8) is 0 Å². The number of nitrogens with zero attached hydrogens (tertiary/aromatic N) is 7. The normalized spacial score (nSPS) is 33.4. The molecular formula is C26H23N7O4. The molecule has 2 unspecified atom stereocenters. The maximum absolute atomic E-state index is 14.4. The van der Waals surface area contributed by atoms with E-state index in [-0.39, 0.29) is 6.04 Å². The zero-order valence-corrected chi connectivity index (χ0v) is 20.2. The zero-order valence-electron chi connectivity index (χ0n) is 20.2. The van der Waals surface area contributed by atoms with Crippen LogP contribution in [0, 0.1) is 0 Å². The highest BCUT2D eigenvalue weighted by Gasteiger charge is 2.80. The number of aromatic nitrogens is 3. The van der Waals surface area contributed by atoms with Gasteiger partial charge < -0.3 is 14.4 Å². The van der Waals surface area contributed by atoms with E-state index < -0.39 is 34.1 Å². The molecule has 6 aliphatic rings. The van der Waals surface area contributed by atoms with Crippen LogP contribution in [0.1, 0.15) is 17.5 Å². The Kier molecular flexibility index (Phi) is 3.60. The molecule has 1 saturated heterocycles. The van der Waals surface area contributed by atoms with Gasteiger partial charge in [-0.25, -0.2) is 23.5 Å². The van der Waals surface area contributed by atoms with Crippen LogP contribution in [-0.4, -0.2) is 51.7 Å². The summed E-state index contributed by atoms with van der Waals surface area (Å²) in [5.41, 5.74) is 8.12. The molecule has 37 heavy (non-hydrogen) atoms. The van der Waals surface area contributed by atoms with E-state index in [9.17, 15) is 15.1 Å². The second-order valence-corrected chi connectivity index (χ2v) is 10.5. The lowest BCUT2D eigenvalue weighted by molar-refractivity contribution is -0.144. The monoisotopic (exact) mass is 497 g/mol. The third-order valence-corrected chi connectivity index (χ3v) is 9.41. The highest BCUT2D eigenvalue weighted by Crippen LogP contribution is 2.70. The summed E-state index contributed by atoms with van der Waals surface area (Å²) in [4.78, 5) is 34.0. The third kappa shape index (κ3) is 1.93. The van der Waals surface area contributed by atoms with Crippen LogP contribution >= 0.6 is 0 Å². The smallest absolute Gasteiger partial charge is 0.352 e. The molecule has 0 saturated carbocycles. The maximum Gasteiger partial charge on any atom is 0.352 e. The lowest BCUT2D eigenvalue weighted by Gasteiger charge is -2.68. The molecule has 0 amide bonds. The van der Waals surface area contributed by atoms with E-state index in [1.165, 1.54) is 9.25 Å². The molecule has 11 heteroatoms. The van der Waals surface area contributed by atoms with Gasteiger partial charge in [0, 0.05) is 16.5 Å². The molecule has 4 aliphatic heterocycles. The fourth-order valence-corrected chi connectivity index (χ4v) is 8.12. The predicted octanol–water partition coefficient (Wildman–Crippen LogP) is 2.01. The van der Waals surface area contributed by atoms with Crippen molar-refractivity contribution in [3.05, 3.63) is 97.2 Å². The van der Waals surface area contributed by atoms with Crippen LogP contribution in [-0.2, 0) is 23.0 Å². The Balaban J connectivity index is 1.58. The summed E-state index contributed by atoms with van der Waals surface area (Å²) in [5.74, 6) is 1.20. The zero-order chi connectivity index (χ0) is 25.3. The van der Waals surface area contributed by atoms with Crippen LogP contribution in [0.15, 0.2) is 69.3 Å². The van der Waals surface area contributed by atoms with Gasteiger partial charge in [0.15, 0.2) is 11.5 Å². The van der Waals surface area contributed by atoms with Crippen molar-refractivity contribution in [2.75, 3.05) is 20.7 Å². The number of likely N-dealkylation sites (tertiary alicyclic amines) is 1. The largest absolute Gasteiger partial charge is 0.493 e. The molecule has 186 valence electrons. The minimum absolute atomic E-state index is 0.130. The first-order valence-corrected chi connectivity index (χ1v) is 12.3. The van der Waals surface area contributed by atoms with Crippen molar-refractivity contribution >= 4 is 0 Å². The van der Waals surface area contributed by atoms with Gasteiger partial charge in [-0.15, -0.1) is 0 Å². The summed E-state index contributed by atoms with van der Waals surface area (Å²) in [7, 11) is 3.66. The Morgan fingerprint density at radius 1 is 1.11 bits per heavy atom. The fraction of sp³-hybridized carbons (Fsp3) is 0.385. The van der Waals surface area contributed by atoms with E-state index in [0.717, 1.165) is 17.7 Å². The van der Waals surface area contributed by atoms with Crippen molar-refractivity contribution in [3.8, 4) is 17.2 Å². The molecule has 5 heterocycles. The number of ether oxygens (including phenoxy) is 2. The first-order valence-electron chi connectivity index (χ1n) is 12.3. The minimum atomic E-state index is -1.58. The molecule has 9 rings (SSSR count). The Morgan fingerprint density at radius 3 is 2.65 bits per heavy atom. The van der Waals surface area contributed by atoms with Gasteiger partial charge in [0.2, 0.25) is 5.66 Å². The molecule has 0 radical (unpaired) electrons. The van der Waals surface area contributed by atoms with Gasteiger partial charge in [-0.05, 0) is 61.8 Å². The molecule has 1 fully saturated rings. The predicted molar refractivity (Wildman–Crippen MR) is 132 cm³/mol. The molecular weight excluding hydrogens is 474 g/mol. The number of azide groups is 1. The van der Waals surface area contributed by atoms with E-state index in [2.05, 4.69) is 28.0 Å². The molecule has 4 bridgehead atoms. The standard InChI is InChI=1S/C26H23N7O4/c1-30-13-12-24-19-15-8-9-17(36-2)20(19)37-21(24)26(28-29-27)11-10-25(24,18(30)14-15)32-22(34)31(23(35)33(26)32)16-6-4-3-5-7-16/h3-11,18,21H,12-14H2,1-2H3/t18-,21-,24+,25?,26?/m1/s1. The van der Waals surface area contributed by atoms with Gasteiger partial charge in [-0.2, -0.15) is 0 Å². The van der Waals surface area contributed by atoms with Gasteiger partial charge in [0.1, 0.15) is 11.6 Å².